The van der Waals surface area contributed by atoms with Crippen molar-refractivity contribution in [2.24, 2.45) is 0 Å². The molecule has 0 radical (unpaired) electrons. The summed E-state index contributed by atoms with van der Waals surface area (Å²) in [5.74, 6) is -1.13. The maximum atomic E-state index is 12.0. The largest absolute Gasteiger partial charge is 0.478 e. The number of ketones is 1. The molecule has 0 saturated carbocycles. The average molecular weight is 468 g/mol. The minimum Gasteiger partial charge on any atom is -0.478 e. The highest BCUT2D eigenvalue weighted by Gasteiger charge is 2.16. The van der Waals surface area contributed by atoms with Crippen LogP contribution in [0.25, 0.3) is 33.0 Å². The third-order valence-electron chi connectivity index (χ3n) is 4.80. The second-order valence-corrected chi connectivity index (χ2v) is 8.54. The summed E-state index contributed by atoms with van der Waals surface area (Å²) in [6, 6.07) is 17.4. The lowest BCUT2D eigenvalue weighted by molar-refractivity contribution is 0.0697. The van der Waals surface area contributed by atoms with Gasteiger partial charge in [-0.1, -0.05) is 59.6 Å². The Morgan fingerprint density at radius 1 is 0.903 bits per heavy atom. The summed E-state index contributed by atoms with van der Waals surface area (Å²) in [5.41, 5.74) is 4.14. The van der Waals surface area contributed by atoms with E-state index >= 15 is 0 Å². The number of aromatic carboxylic acids is 1. The molecule has 0 amide bonds. The summed E-state index contributed by atoms with van der Waals surface area (Å²) in [6.45, 7) is 1.48. The molecule has 7 heteroatoms. The van der Waals surface area contributed by atoms with Crippen LogP contribution in [0.15, 0.2) is 66.0 Å². The summed E-state index contributed by atoms with van der Waals surface area (Å²) in [5, 5.41) is 13.3. The lowest BCUT2D eigenvalue weighted by Gasteiger charge is -2.09. The average Bonchev–Trinajstić information content (AvgIpc) is 3.25. The molecular formula is C24H15Cl2NO3S. The van der Waals surface area contributed by atoms with Gasteiger partial charge in [0.25, 0.3) is 0 Å². The maximum Gasteiger partial charge on any atom is 0.336 e. The molecule has 0 bridgehead atoms. The number of thiazole rings is 1. The molecule has 1 heterocycles. The lowest BCUT2D eigenvalue weighted by Crippen LogP contribution is -2.01. The SMILES string of the molecule is CC(=O)c1cccc(-c2ccc(-c3nc(-c4ccc(Cl)c(Cl)c4)cs3)cc2C(=O)O)c1. The molecule has 1 N–H and O–H groups in total. The third kappa shape index (κ3) is 4.39. The van der Waals surface area contributed by atoms with Crippen molar-refractivity contribution in [2.75, 3.05) is 0 Å². The fourth-order valence-corrected chi connectivity index (χ4v) is 4.33. The lowest BCUT2D eigenvalue weighted by atomic mass is 9.95. The van der Waals surface area contributed by atoms with E-state index in [0.717, 1.165) is 11.3 Å². The third-order valence-corrected chi connectivity index (χ3v) is 6.43. The Morgan fingerprint density at radius 3 is 2.39 bits per heavy atom. The fraction of sp³-hybridized carbons (Fsp3) is 0.0417. The molecule has 0 spiro atoms. The molecule has 154 valence electrons. The van der Waals surface area contributed by atoms with Gasteiger partial charge in [0.05, 0.1) is 21.3 Å². The van der Waals surface area contributed by atoms with E-state index < -0.39 is 5.97 Å². The smallest absolute Gasteiger partial charge is 0.336 e. The summed E-state index contributed by atoms with van der Waals surface area (Å²) < 4.78 is 0. The van der Waals surface area contributed by atoms with Crippen molar-refractivity contribution in [3.8, 4) is 33.0 Å². The monoisotopic (exact) mass is 467 g/mol. The fourth-order valence-electron chi connectivity index (χ4n) is 3.21. The molecule has 4 rings (SSSR count). The number of benzene rings is 3. The van der Waals surface area contributed by atoms with Crippen LogP contribution in [0, 0.1) is 0 Å². The van der Waals surface area contributed by atoms with E-state index in [0.29, 0.717) is 37.3 Å². The van der Waals surface area contributed by atoms with Crippen LogP contribution in [0.3, 0.4) is 0 Å². The van der Waals surface area contributed by atoms with Crippen LogP contribution in [-0.2, 0) is 0 Å². The van der Waals surface area contributed by atoms with Crippen molar-refractivity contribution in [1.82, 2.24) is 4.98 Å². The van der Waals surface area contributed by atoms with Crippen molar-refractivity contribution in [2.45, 2.75) is 6.92 Å². The van der Waals surface area contributed by atoms with Crippen LogP contribution in [0.5, 0.6) is 0 Å². The summed E-state index contributed by atoms with van der Waals surface area (Å²) in [4.78, 5) is 28.3. The molecule has 4 nitrogen and oxygen atoms in total. The van der Waals surface area contributed by atoms with E-state index in [-0.39, 0.29) is 11.3 Å². The number of hydrogen-bond donors (Lipinski definition) is 1. The summed E-state index contributed by atoms with van der Waals surface area (Å²) in [6.07, 6.45) is 0. The van der Waals surface area contributed by atoms with Gasteiger partial charge in [0.15, 0.2) is 5.78 Å². The van der Waals surface area contributed by atoms with Crippen molar-refractivity contribution in [1.29, 1.82) is 0 Å². The highest BCUT2D eigenvalue weighted by Crippen LogP contribution is 2.34. The molecule has 0 aliphatic heterocycles. The quantitative estimate of drug-likeness (QED) is 0.311. The zero-order valence-electron chi connectivity index (χ0n) is 16.2. The van der Waals surface area contributed by atoms with Gasteiger partial charge in [0.2, 0.25) is 0 Å². The number of carbonyl (C=O) groups is 2. The maximum absolute atomic E-state index is 12.0. The standard InChI is InChI=1S/C24H15Cl2NO3S/c1-13(28)14-3-2-4-15(9-14)18-7-5-17(10-19(18)24(29)30)23-27-22(12-31-23)16-6-8-20(25)21(26)11-16/h2-12H,1H3,(H,29,30). The number of carboxylic acids is 1. The van der Waals surface area contributed by atoms with Crippen molar-refractivity contribution in [3.63, 3.8) is 0 Å². The number of rotatable bonds is 5. The molecular weight excluding hydrogens is 453 g/mol. The zero-order valence-corrected chi connectivity index (χ0v) is 18.6. The van der Waals surface area contributed by atoms with Crippen LogP contribution in [0.4, 0.5) is 0 Å². The van der Waals surface area contributed by atoms with Crippen molar-refractivity contribution in [3.05, 3.63) is 87.2 Å². The van der Waals surface area contributed by atoms with Crippen LogP contribution >= 0.6 is 34.5 Å². The normalized spacial score (nSPS) is 10.8. The molecule has 0 aliphatic rings. The van der Waals surface area contributed by atoms with Gasteiger partial charge >= 0.3 is 5.97 Å². The van der Waals surface area contributed by atoms with Crippen LogP contribution in [0.2, 0.25) is 10.0 Å². The zero-order chi connectivity index (χ0) is 22.1. The first-order valence-electron chi connectivity index (χ1n) is 9.23. The molecule has 31 heavy (non-hydrogen) atoms. The predicted molar refractivity (Wildman–Crippen MR) is 125 cm³/mol. The Bertz CT molecular complexity index is 1330. The van der Waals surface area contributed by atoms with Gasteiger partial charge in [0, 0.05) is 22.1 Å². The van der Waals surface area contributed by atoms with Crippen LogP contribution in [0.1, 0.15) is 27.6 Å². The topological polar surface area (TPSA) is 67.3 Å². The van der Waals surface area contributed by atoms with E-state index in [1.54, 1.807) is 48.5 Å². The summed E-state index contributed by atoms with van der Waals surface area (Å²) >= 11 is 13.5. The second-order valence-electron chi connectivity index (χ2n) is 6.87. The summed E-state index contributed by atoms with van der Waals surface area (Å²) in [7, 11) is 0. The highest BCUT2D eigenvalue weighted by molar-refractivity contribution is 7.13. The minimum absolute atomic E-state index is 0.0760. The first-order valence-corrected chi connectivity index (χ1v) is 10.9. The van der Waals surface area contributed by atoms with E-state index in [9.17, 15) is 14.7 Å². The van der Waals surface area contributed by atoms with Gasteiger partial charge < -0.3 is 5.11 Å². The Labute approximate surface area is 192 Å². The first-order chi connectivity index (χ1) is 14.8. The number of carbonyl (C=O) groups excluding carboxylic acids is 1. The first kappa shape index (κ1) is 21.2. The molecule has 1 aromatic heterocycles. The number of halogens is 2. The molecule has 0 atom stereocenters. The second kappa shape index (κ2) is 8.63. The van der Waals surface area contributed by atoms with E-state index in [1.165, 1.54) is 18.3 Å². The minimum atomic E-state index is -1.05. The van der Waals surface area contributed by atoms with Crippen LogP contribution < -0.4 is 0 Å². The van der Waals surface area contributed by atoms with Crippen molar-refractivity contribution >= 4 is 46.3 Å². The van der Waals surface area contributed by atoms with Crippen molar-refractivity contribution < 1.29 is 14.7 Å². The van der Waals surface area contributed by atoms with Gasteiger partial charge in [0.1, 0.15) is 5.01 Å². The Kier molecular flexibility index (Phi) is 5.92. The Morgan fingerprint density at radius 2 is 1.68 bits per heavy atom. The van der Waals surface area contributed by atoms with E-state index in [1.807, 2.05) is 17.5 Å². The molecule has 4 aromatic rings. The van der Waals surface area contributed by atoms with Gasteiger partial charge in [-0.05, 0) is 42.3 Å². The van der Waals surface area contributed by atoms with Crippen LogP contribution in [-0.4, -0.2) is 21.8 Å². The number of carboxylic acid groups (broad SMARTS) is 1. The number of aromatic nitrogens is 1. The molecule has 0 saturated heterocycles. The predicted octanol–water partition coefficient (Wildman–Crippen LogP) is 7.35. The Hall–Kier alpha value is -2.99. The van der Waals surface area contributed by atoms with E-state index in [4.69, 9.17) is 23.2 Å². The number of Topliss-reactive ketones (excluding diaryl/α,β-unsaturated/α-hetero) is 1. The molecule has 0 unspecified atom stereocenters. The number of hydrogen-bond acceptors (Lipinski definition) is 4. The van der Waals surface area contributed by atoms with Gasteiger partial charge in [-0.25, -0.2) is 9.78 Å². The highest BCUT2D eigenvalue weighted by atomic mass is 35.5. The van der Waals surface area contributed by atoms with E-state index in [2.05, 4.69) is 4.98 Å². The molecule has 0 fully saturated rings. The van der Waals surface area contributed by atoms with Gasteiger partial charge in [-0.3, -0.25) is 4.79 Å². The van der Waals surface area contributed by atoms with Gasteiger partial charge in [-0.2, -0.15) is 0 Å². The Balaban J connectivity index is 1.74. The van der Waals surface area contributed by atoms with Gasteiger partial charge in [-0.15, -0.1) is 11.3 Å². The molecule has 0 aliphatic carbocycles. The number of nitrogens with zero attached hydrogens (tertiary/aromatic N) is 1. The molecule has 3 aromatic carbocycles.